The van der Waals surface area contributed by atoms with Crippen LogP contribution in [0.25, 0.3) is 11.1 Å². The maximum absolute atomic E-state index is 12.5. The SMILES string of the molecule is CCCc1ccc(-c2ccc(C(=O)N[C@@H](Cn3ccnc3)C(=O)O)cc2)cc1. The molecule has 0 radical (unpaired) electrons. The molecule has 0 unspecified atom stereocenters. The van der Waals surface area contributed by atoms with Gasteiger partial charge in [0, 0.05) is 18.0 Å². The van der Waals surface area contributed by atoms with Crippen molar-refractivity contribution in [3.63, 3.8) is 0 Å². The molecule has 0 fully saturated rings. The van der Waals surface area contributed by atoms with Crippen molar-refractivity contribution in [2.24, 2.45) is 0 Å². The molecule has 0 saturated heterocycles. The van der Waals surface area contributed by atoms with Crippen LogP contribution in [0.15, 0.2) is 67.3 Å². The van der Waals surface area contributed by atoms with Gasteiger partial charge in [-0.3, -0.25) is 4.79 Å². The van der Waals surface area contributed by atoms with Crippen molar-refractivity contribution in [3.8, 4) is 11.1 Å². The zero-order valence-corrected chi connectivity index (χ0v) is 15.7. The van der Waals surface area contributed by atoms with E-state index < -0.39 is 17.9 Å². The van der Waals surface area contributed by atoms with Gasteiger partial charge in [0.25, 0.3) is 5.91 Å². The van der Waals surface area contributed by atoms with Crippen molar-refractivity contribution >= 4 is 11.9 Å². The number of carboxylic acids is 1. The lowest BCUT2D eigenvalue weighted by Gasteiger charge is -2.15. The summed E-state index contributed by atoms with van der Waals surface area (Å²) in [5.74, 6) is -1.51. The maximum Gasteiger partial charge on any atom is 0.328 e. The van der Waals surface area contributed by atoms with Crippen LogP contribution in [0.5, 0.6) is 0 Å². The van der Waals surface area contributed by atoms with E-state index in [1.807, 2.05) is 12.1 Å². The van der Waals surface area contributed by atoms with Crippen molar-refractivity contribution < 1.29 is 14.7 Å². The fourth-order valence-electron chi connectivity index (χ4n) is 3.00. The summed E-state index contributed by atoms with van der Waals surface area (Å²) in [5, 5.41) is 11.9. The minimum absolute atomic E-state index is 0.114. The Bertz CT molecular complexity index is 917. The van der Waals surface area contributed by atoms with Gasteiger partial charge in [-0.2, -0.15) is 0 Å². The van der Waals surface area contributed by atoms with E-state index in [4.69, 9.17) is 0 Å². The van der Waals surface area contributed by atoms with Gasteiger partial charge in [0.2, 0.25) is 0 Å². The smallest absolute Gasteiger partial charge is 0.328 e. The first-order valence-corrected chi connectivity index (χ1v) is 9.25. The lowest BCUT2D eigenvalue weighted by molar-refractivity contribution is -0.139. The van der Waals surface area contributed by atoms with Crippen molar-refractivity contribution in [2.45, 2.75) is 32.4 Å². The van der Waals surface area contributed by atoms with Gasteiger partial charge in [0.1, 0.15) is 6.04 Å². The Morgan fingerprint density at radius 2 is 1.71 bits per heavy atom. The highest BCUT2D eigenvalue weighted by molar-refractivity contribution is 5.97. The van der Waals surface area contributed by atoms with Gasteiger partial charge in [-0.15, -0.1) is 0 Å². The molecule has 2 aromatic carbocycles. The molecular formula is C22H23N3O3. The van der Waals surface area contributed by atoms with Crippen molar-refractivity contribution in [2.75, 3.05) is 0 Å². The molecule has 1 heterocycles. The van der Waals surface area contributed by atoms with Gasteiger partial charge in [0.15, 0.2) is 0 Å². The number of carbonyl (C=O) groups is 2. The third-order valence-corrected chi connectivity index (χ3v) is 4.53. The molecule has 0 bridgehead atoms. The number of hydrogen-bond donors (Lipinski definition) is 2. The van der Waals surface area contributed by atoms with E-state index in [0.717, 1.165) is 24.0 Å². The van der Waals surface area contributed by atoms with E-state index in [0.29, 0.717) is 5.56 Å². The minimum Gasteiger partial charge on any atom is -0.480 e. The monoisotopic (exact) mass is 377 g/mol. The van der Waals surface area contributed by atoms with E-state index >= 15 is 0 Å². The van der Waals surface area contributed by atoms with Gasteiger partial charge in [-0.25, -0.2) is 9.78 Å². The number of benzene rings is 2. The topological polar surface area (TPSA) is 84.2 Å². The first-order valence-electron chi connectivity index (χ1n) is 9.25. The second-order valence-corrected chi connectivity index (χ2v) is 6.65. The Kier molecular flexibility index (Phi) is 6.22. The lowest BCUT2D eigenvalue weighted by atomic mass is 10.0. The number of rotatable bonds is 8. The fraction of sp³-hybridized carbons (Fsp3) is 0.227. The molecule has 0 aliphatic rings. The minimum atomic E-state index is -1.09. The number of aromatic nitrogens is 2. The summed E-state index contributed by atoms with van der Waals surface area (Å²) in [6, 6.07) is 14.5. The third-order valence-electron chi connectivity index (χ3n) is 4.53. The second-order valence-electron chi connectivity index (χ2n) is 6.65. The molecular weight excluding hydrogens is 354 g/mol. The summed E-state index contributed by atoms with van der Waals surface area (Å²) >= 11 is 0. The van der Waals surface area contributed by atoms with Gasteiger partial charge < -0.3 is 15.0 Å². The number of imidazole rings is 1. The zero-order valence-electron chi connectivity index (χ0n) is 15.7. The number of aryl methyl sites for hydroxylation is 1. The number of nitrogens with zero attached hydrogens (tertiary/aromatic N) is 2. The molecule has 1 amide bonds. The summed E-state index contributed by atoms with van der Waals surface area (Å²) < 4.78 is 1.62. The summed E-state index contributed by atoms with van der Waals surface area (Å²) in [6.07, 6.45) is 6.91. The van der Waals surface area contributed by atoms with Crippen molar-refractivity contribution in [1.82, 2.24) is 14.9 Å². The third kappa shape index (κ3) is 4.85. The summed E-state index contributed by atoms with van der Waals surface area (Å²) in [4.78, 5) is 27.8. The molecule has 3 rings (SSSR count). The number of aliphatic carboxylic acids is 1. The molecule has 0 aliphatic carbocycles. The lowest BCUT2D eigenvalue weighted by Crippen LogP contribution is -2.43. The number of carbonyl (C=O) groups excluding carboxylic acids is 1. The number of carboxylic acid groups (broad SMARTS) is 1. The largest absolute Gasteiger partial charge is 0.480 e. The van der Waals surface area contributed by atoms with Crippen LogP contribution in [0.1, 0.15) is 29.3 Å². The van der Waals surface area contributed by atoms with Gasteiger partial charge in [-0.1, -0.05) is 49.7 Å². The average Bonchev–Trinajstić information content (AvgIpc) is 3.21. The Morgan fingerprint density at radius 3 is 2.25 bits per heavy atom. The Hall–Kier alpha value is -3.41. The first kappa shape index (κ1) is 19.4. The van der Waals surface area contributed by atoms with E-state index in [1.54, 1.807) is 29.1 Å². The van der Waals surface area contributed by atoms with Crippen LogP contribution in [0.3, 0.4) is 0 Å². The van der Waals surface area contributed by atoms with E-state index in [2.05, 4.69) is 41.5 Å². The molecule has 3 aromatic rings. The van der Waals surface area contributed by atoms with Crippen LogP contribution in [0.4, 0.5) is 0 Å². The van der Waals surface area contributed by atoms with Crippen LogP contribution in [-0.4, -0.2) is 32.6 Å². The molecule has 0 saturated carbocycles. The molecule has 6 nitrogen and oxygen atoms in total. The highest BCUT2D eigenvalue weighted by Gasteiger charge is 2.21. The molecule has 2 N–H and O–H groups in total. The van der Waals surface area contributed by atoms with Crippen molar-refractivity contribution in [1.29, 1.82) is 0 Å². The number of nitrogens with one attached hydrogen (secondary N) is 1. The predicted octanol–water partition coefficient (Wildman–Crippen LogP) is 3.39. The van der Waals surface area contributed by atoms with Crippen molar-refractivity contribution in [3.05, 3.63) is 78.4 Å². The zero-order chi connectivity index (χ0) is 19.9. The van der Waals surface area contributed by atoms with E-state index in [-0.39, 0.29) is 6.54 Å². The summed E-state index contributed by atoms with van der Waals surface area (Å²) in [7, 11) is 0. The van der Waals surface area contributed by atoms with E-state index in [1.165, 1.54) is 11.9 Å². The van der Waals surface area contributed by atoms with Crippen LogP contribution >= 0.6 is 0 Å². The first-order chi connectivity index (χ1) is 13.6. The second kappa shape index (κ2) is 8.99. The normalized spacial score (nSPS) is 11.8. The van der Waals surface area contributed by atoms with Gasteiger partial charge in [-0.05, 0) is 35.2 Å². The maximum atomic E-state index is 12.5. The van der Waals surface area contributed by atoms with Crippen LogP contribution in [0, 0.1) is 0 Å². The average molecular weight is 377 g/mol. The standard InChI is InChI=1S/C22H23N3O3/c1-2-3-16-4-6-17(7-5-16)18-8-10-19(11-9-18)21(26)24-20(22(27)28)14-25-13-12-23-15-25/h4-13,15,20H,2-3,14H2,1H3,(H,24,26)(H,27,28)/t20-/m0/s1. The molecule has 28 heavy (non-hydrogen) atoms. The van der Waals surface area contributed by atoms with Gasteiger partial charge >= 0.3 is 5.97 Å². The Balaban J connectivity index is 1.67. The van der Waals surface area contributed by atoms with Crippen LogP contribution < -0.4 is 5.32 Å². The Labute approximate surface area is 163 Å². The fourth-order valence-corrected chi connectivity index (χ4v) is 3.00. The molecule has 0 aliphatic heterocycles. The quantitative estimate of drug-likeness (QED) is 0.630. The van der Waals surface area contributed by atoms with Gasteiger partial charge in [0.05, 0.1) is 12.9 Å². The summed E-state index contributed by atoms with van der Waals surface area (Å²) in [6.45, 7) is 2.27. The van der Waals surface area contributed by atoms with Crippen LogP contribution in [0.2, 0.25) is 0 Å². The van der Waals surface area contributed by atoms with E-state index in [9.17, 15) is 14.7 Å². The highest BCUT2D eigenvalue weighted by Crippen LogP contribution is 2.21. The number of hydrogen-bond acceptors (Lipinski definition) is 3. The predicted molar refractivity (Wildman–Crippen MR) is 107 cm³/mol. The molecule has 1 aromatic heterocycles. The summed E-state index contributed by atoms with van der Waals surface area (Å²) in [5.41, 5.74) is 3.81. The number of amides is 1. The van der Waals surface area contributed by atoms with Crippen LogP contribution in [-0.2, 0) is 17.8 Å². The molecule has 0 spiro atoms. The highest BCUT2D eigenvalue weighted by atomic mass is 16.4. The molecule has 1 atom stereocenters. The molecule has 144 valence electrons. The Morgan fingerprint density at radius 1 is 1.07 bits per heavy atom. The molecule has 6 heteroatoms.